The summed E-state index contributed by atoms with van der Waals surface area (Å²) in [4.78, 5) is 16.9. The molecule has 1 aromatic heterocycles. The number of amides is 1. The third kappa shape index (κ3) is 3.31. The maximum atomic E-state index is 12.9. The maximum absolute atomic E-state index is 12.9. The van der Waals surface area contributed by atoms with Gasteiger partial charge in [0.2, 0.25) is 5.91 Å². The molecule has 128 valence electrons. The van der Waals surface area contributed by atoms with Gasteiger partial charge in [0.25, 0.3) is 0 Å². The predicted octanol–water partition coefficient (Wildman–Crippen LogP) is 1.71. The molecule has 2 aromatic rings. The van der Waals surface area contributed by atoms with Crippen LogP contribution in [-0.4, -0.2) is 50.1 Å². The van der Waals surface area contributed by atoms with Gasteiger partial charge in [-0.3, -0.25) is 9.69 Å². The van der Waals surface area contributed by atoms with Crippen molar-refractivity contribution in [3.63, 3.8) is 0 Å². The molecule has 2 heterocycles. The molecule has 1 unspecified atom stereocenters. The lowest BCUT2D eigenvalue weighted by Gasteiger charge is -2.26. The summed E-state index contributed by atoms with van der Waals surface area (Å²) in [6.45, 7) is 7.12. The highest BCUT2D eigenvalue weighted by molar-refractivity contribution is 5.99. The molecule has 24 heavy (non-hydrogen) atoms. The first-order valence-corrected chi connectivity index (χ1v) is 8.60. The van der Waals surface area contributed by atoms with Crippen molar-refractivity contribution in [1.82, 2.24) is 25.1 Å². The standard InChI is InChI=1S/C17H24N6O/c1-3-11-23-16(18-19-20-23)13-21(4-2)15-10-12-22(17(15)24)14-8-6-5-7-9-14/h5-9,15H,3-4,10-13H2,1-2H3. The lowest BCUT2D eigenvalue weighted by atomic mass is 10.2. The zero-order valence-corrected chi connectivity index (χ0v) is 14.3. The lowest BCUT2D eigenvalue weighted by Crippen LogP contribution is -2.42. The zero-order chi connectivity index (χ0) is 16.9. The van der Waals surface area contributed by atoms with E-state index < -0.39 is 0 Å². The number of tetrazole rings is 1. The maximum Gasteiger partial charge on any atom is 0.244 e. The number of nitrogens with zero attached hydrogens (tertiary/aromatic N) is 6. The van der Waals surface area contributed by atoms with E-state index in [1.54, 1.807) is 0 Å². The number of aryl methyl sites for hydroxylation is 1. The molecule has 1 aromatic carbocycles. The van der Waals surface area contributed by atoms with E-state index in [9.17, 15) is 4.79 Å². The van der Waals surface area contributed by atoms with E-state index in [0.29, 0.717) is 6.54 Å². The van der Waals surface area contributed by atoms with Crippen molar-refractivity contribution in [3.8, 4) is 0 Å². The second-order valence-electron chi connectivity index (χ2n) is 6.01. The second-order valence-corrected chi connectivity index (χ2v) is 6.01. The van der Waals surface area contributed by atoms with Crippen LogP contribution in [0.1, 0.15) is 32.5 Å². The van der Waals surface area contributed by atoms with E-state index in [-0.39, 0.29) is 11.9 Å². The van der Waals surface area contributed by atoms with Crippen LogP contribution in [0.15, 0.2) is 30.3 Å². The number of carbonyl (C=O) groups excluding carboxylic acids is 1. The Labute approximate surface area is 142 Å². The smallest absolute Gasteiger partial charge is 0.244 e. The first kappa shape index (κ1) is 16.6. The summed E-state index contributed by atoms with van der Waals surface area (Å²) >= 11 is 0. The lowest BCUT2D eigenvalue weighted by molar-refractivity contribution is -0.121. The van der Waals surface area contributed by atoms with Crippen LogP contribution >= 0.6 is 0 Å². The van der Waals surface area contributed by atoms with Crippen molar-refractivity contribution in [2.45, 2.75) is 45.8 Å². The van der Waals surface area contributed by atoms with Crippen molar-refractivity contribution < 1.29 is 4.79 Å². The number of rotatable bonds is 7. The molecule has 0 bridgehead atoms. The van der Waals surface area contributed by atoms with Crippen LogP contribution in [0.4, 0.5) is 5.69 Å². The van der Waals surface area contributed by atoms with Gasteiger partial charge in [0.1, 0.15) is 0 Å². The summed E-state index contributed by atoms with van der Waals surface area (Å²) in [5.74, 6) is 0.988. The van der Waals surface area contributed by atoms with Gasteiger partial charge in [-0.15, -0.1) is 5.10 Å². The number of hydrogen-bond donors (Lipinski definition) is 0. The highest BCUT2D eigenvalue weighted by Gasteiger charge is 2.36. The van der Waals surface area contributed by atoms with E-state index in [1.165, 1.54) is 0 Å². The average molecular weight is 328 g/mol. The minimum absolute atomic E-state index is 0.109. The molecule has 0 radical (unpaired) electrons. The van der Waals surface area contributed by atoms with Crippen LogP contribution in [0.5, 0.6) is 0 Å². The Morgan fingerprint density at radius 2 is 2.04 bits per heavy atom. The van der Waals surface area contributed by atoms with Gasteiger partial charge in [-0.05, 0) is 41.9 Å². The van der Waals surface area contributed by atoms with Gasteiger partial charge in [0.05, 0.1) is 12.6 Å². The molecule has 0 aliphatic carbocycles. The Balaban J connectivity index is 1.72. The first-order chi connectivity index (χ1) is 11.7. The fraction of sp³-hybridized carbons (Fsp3) is 0.529. The molecule has 0 saturated carbocycles. The molecule has 1 saturated heterocycles. The SMILES string of the molecule is CCCn1nnnc1CN(CC)C1CCN(c2ccccc2)C1=O. The third-order valence-electron chi connectivity index (χ3n) is 4.48. The van der Waals surface area contributed by atoms with Crippen molar-refractivity contribution >= 4 is 11.6 Å². The molecule has 1 aliphatic heterocycles. The van der Waals surface area contributed by atoms with Gasteiger partial charge in [-0.25, -0.2) is 4.68 Å². The van der Waals surface area contributed by atoms with Crippen LogP contribution in [0, 0.1) is 0 Å². The molecular formula is C17H24N6O. The van der Waals surface area contributed by atoms with Crippen molar-refractivity contribution in [2.24, 2.45) is 0 Å². The minimum Gasteiger partial charge on any atom is -0.311 e. The van der Waals surface area contributed by atoms with Crippen LogP contribution in [-0.2, 0) is 17.9 Å². The number of anilines is 1. The summed E-state index contributed by atoms with van der Waals surface area (Å²) in [5, 5.41) is 11.9. The Bertz CT molecular complexity index is 671. The van der Waals surface area contributed by atoms with Crippen LogP contribution in [0.3, 0.4) is 0 Å². The van der Waals surface area contributed by atoms with Crippen molar-refractivity contribution in [1.29, 1.82) is 0 Å². The molecule has 0 N–H and O–H groups in total. The molecule has 1 aliphatic rings. The van der Waals surface area contributed by atoms with Gasteiger partial charge in [-0.1, -0.05) is 32.0 Å². The molecule has 3 rings (SSSR count). The van der Waals surface area contributed by atoms with Crippen LogP contribution in [0.2, 0.25) is 0 Å². The molecule has 0 spiro atoms. The summed E-state index contributed by atoms with van der Waals surface area (Å²) in [6, 6.07) is 9.75. The van der Waals surface area contributed by atoms with Crippen molar-refractivity contribution in [3.05, 3.63) is 36.2 Å². The number of para-hydroxylation sites is 1. The van der Waals surface area contributed by atoms with E-state index in [0.717, 1.165) is 44.0 Å². The van der Waals surface area contributed by atoms with E-state index in [4.69, 9.17) is 0 Å². The summed E-state index contributed by atoms with van der Waals surface area (Å²) in [7, 11) is 0. The number of likely N-dealkylation sites (N-methyl/N-ethyl adjacent to an activating group) is 1. The van der Waals surface area contributed by atoms with E-state index in [1.807, 2.05) is 39.9 Å². The molecule has 7 heteroatoms. The normalized spacial score (nSPS) is 17.9. The topological polar surface area (TPSA) is 67.2 Å². The Morgan fingerprint density at radius 1 is 1.25 bits per heavy atom. The fourth-order valence-electron chi connectivity index (χ4n) is 3.21. The van der Waals surface area contributed by atoms with E-state index >= 15 is 0 Å². The van der Waals surface area contributed by atoms with Gasteiger partial charge < -0.3 is 4.90 Å². The van der Waals surface area contributed by atoms with Gasteiger partial charge in [0, 0.05) is 18.8 Å². The predicted molar refractivity (Wildman–Crippen MR) is 91.4 cm³/mol. The van der Waals surface area contributed by atoms with Gasteiger partial charge in [-0.2, -0.15) is 0 Å². The number of aromatic nitrogens is 4. The Morgan fingerprint density at radius 3 is 2.75 bits per heavy atom. The summed E-state index contributed by atoms with van der Waals surface area (Å²) in [5.41, 5.74) is 0.969. The van der Waals surface area contributed by atoms with Gasteiger partial charge in [0.15, 0.2) is 5.82 Å². The Hall–Kier alpha value is -2.28. The molecule has 7 nitrogen and oxygen atoms in total. The first-order valence-electron chi connectivity index (χ1n) is 8.60. The van der Waals surface area contributed by atoms with Crippen LogP contribution in [0.25, 0.3) is 0 Å². The number of hydrogen-bond acceptors (Lipinski definition) is 5. The molecule has 1 amide bonds. The monoisotopic (exact) mass is 328 g/mol. The molecule has 1 fully saturated rings. The number of benzene rings is 1. The third-order valence-corrected chi connectivity index (χ3v) is 4.48. The average Bonchev–Trinajstić information content (AvgIpc) is 3.20. The summed E-state index contributed by atoms with van der Waals surface area (Å²) < 4.78 is 1.83. The van der Waals surface area contributed by atoms with Crippen LogP contribution < -0.4 is 4.90 Å². The van der Waals surface area contributed by atoms with Gasteiger partial charge >= 0.3 is 0 Å². The molecule has 1 atom stereocenters. The Kier molecular flexibility index (Phi) is 5.20. The zero-order valence-electron chi connectivity index (χ0n) is 14.3. The number of carbonyl (C=O) groups is 1. The van der Waals surface area contributed by atoms with Crippen molar-refractivity contribution in [2.75, 3.05) is 18.0 Å². The fourth-order valence-corrected chi connectivity index (χ4v) is 3.21. The highest BCUT2D eigenvalue weighted by atomic mass is 16.2. The largest absolute Gasteiger partial charge is 0.311 e. The van der Waals surface area contributed by atoms with E-state index in [2.05, 4.69) is 34.3 Å². The quantitative estimate of drug-likeness (QED) is 0.774. The molecular weight excluding hydrogens is 304 g/mol. The second kappa shape index (κ2) is 7.53. The summed E-state index contributed by atoms with van der Waals surface area (Å²) in [6.07, 6.45) is 1.81. The highest BCUT2D eigenvalue weighted by Crippen LogP contribution is 2.24. The minimum atomic E-state index is -0.109.